The van der Waals surface area contributed by atoms with Gasteiger partial charge in [0, 0.05) is 0 Å². The molecule has 0 aliphatic heterocycles. The van der Waals surface area contributed by atoms with Gasteiger partial charge in [0.1, 0.15) is 0 Å². The summed E-state index contributed by atoms with van der Waals surface area (Å²) in [7, 11) is 0. The first-order valence-electron chi connectivity index (χ1n) is 5.89. The van der Waals surface area contributed by atoms with Crippen LogP contribution in [0, 0.1) is 5.92 Å². The molecule has 1 rings (SSSR count). The van der Waals surface area contributed by atoms with Gasteiger partial charge < -0.3 is 4.74 Å². The largest absolute Gasteiger partial charge is 0.375 e. The highest BCUT2D eigenvalue weighted by molar-refractivity contribution is 4.72. The molecule has 0 bridgehead atoms. The Morgan fingerprint density at radius 1 is 1.15 bits per heavy atom. The van der Waals surface area contributed by atoms with Gasteiger partial charge in [-0.2, -0.15) is 0 Å². The normalized spacial score (nSPS) is 24.2. The smallest absolute Gasteiger partial charge is 0.0578 e. The summed E-state index contributed by atoms with van der Waals surface area (Å²) in [6.07, 6.45) is 9.10. The van der Waals surface area contributed by atoms with Crippen LogP contribution in [0.15, 0.2) is 0 Å². The van der Waals surface area contributed by atoms with E-state index in [1.54, 1.807) is 0 Å². The summed E-state index contributed by atoms with van der Waals surface area (Å²) in [5, 5.41) is 0. The molecule has 1 fully saturated rings. The Balaban J connectivity index is 2.24. The molecule has 0 heterocycles. The SMILES string of the molecule is CCC(C)OC(C)C1CCCCC1. The van der Waals surface area contributed by atoms with Gasteiger partial charge in [0.2, 0.25) is 0 Å². The Morgan fingerprint density at radius 2 is 1.77 bits per heavy atom. The lowest BCUT2D eigenvalue weighted by atomic mass is 9.86. The molecule has 0 spiro atoms. The van der Waals surface area contributed by atoms with E-state index < -0.39 is 0 Å². The van der Waals surface area contributed by atoms with E-state index in [4.69, 9.17) is 4.74 Å². The van der Waals surface area contributed by atoms with Crippen molar-refractivity contribution in [1.29, 1.82) is 0 Å². The van der Waals surface area contributed by atoms with E-state index in [-0.39, 0.29) is 0 Å². The van der Waals surface area contributed by atoms with Crippen LogP contribution in [0.2, 0.25) is 0 Å². The minimum Gasteiger partial charge on any atom is -0.375 e. The molecular weight excluding hydrogens is 160 g/mol. The van der Waals surface area contributed by atoms with Crippen LogP contribution in [0.3, 0.4) is 0 Å². The fourth-order valence-corrected chi connectivity index (χ4v) is 2.18. The van der Waals surface area contributed by atoms with Crippen molar-refractivity contribution in [2.24, 2.45) is 5.92 Å². The van der Waals surface area contributed by atoms with Crippen LogP contribution in [0.1, 0.15) is 59.3 Å². The standard InChI is InChI=1S/C12H24O/c1-4-10(2)13-11(3)12-8-6-5-7-9-12/h10-12H,4-9H2,1-3H3. The molecule has 13 heavy (non-hydrogen) atoms. The molecule has 1 aliphatic rings. The summed E-state index contributed by atoms with van der Waals surface area (Å²) in [6, 6.07) is 0. The summed E-state index contributed by atoms with van der Waals surface area (Å²) < 4.78 is 5.94. The molecule has 0 radical (unpaired) electrons. The molecule has 0 amide bonds. The van der Waals surface area contributed by atoms with E-state index in [0.29, 0.717) is 12.2 Å². The average Bonchev–Trinajstić information content (AvgIpc) is 2.19. The zero-order chi connectivity index (χ0) is 9.68. The van der Waals surface area contributed by atoms with Gasteiger partial charge in [-0.25, -0.2) is 0 Å². The zero-order valence-corrected chi connectivity index (χ0v) is 9.38. The first-order chi connectivity index (χ1) is 6.24. The second-order valence-corrected chi connectivity index (χ2v) is 4.46. The molecule has 2 atom stereocenters. The summed E-state index contributed by atoms with van der Waals surface area (Å²) in [6.45, 7) is 6.62. The third-order valence-corrected chi connectivity index (χ3v) is 3.34. The predicted octanol–water partition coefficient (Wildman–Crippen LogP) is 3.77. The van der Waals surface area contributed by atoms with Crippen LogP contribution in [-0.2, 0) is 4.74 Å². The Hall–Kier alpha value is -0.0400. The predicted molar refractivity (Wildman–Crippen MR) is 56.9 cm³/mol. The van der Waals surface area contributed by atoms with Crippen LogP contribution in [0.5, 0.6) is 0 Å². The van der Waals surface area contributed by atoms with Gasteiger partial charge in [0.05, 0.1) is 12.2 Å². The van der Waals surface area contributed by atoms with E-state index in [1.165, 1.54) is 32.1 Å². The first-order valence-corrected chi connectivity index (χ1v) is 5.89. The van der Waals surface area contributed by atoms with Gasteiger partial charge in [-0.1, -0.05) is 26.2 Å². The molecule has 0 N–H and O–H groups in total. The summed E-state index contributed by atoms with van der Waals surface area (Å²) in [4.78, 5) is 0. The first kappa shape index (κ1) is 11.0. The quantitative estimate of drug-likeness (QED) is 0.646. The maximum atomic E-state index is 5.94. The Bertz CT molecular complexity index is 127. The minimum absolute atomic E-state index is 0.442. The monoisotopic (exact) mass is 184 g/mol. The zero-order valence-electron chi connectivity index (χ0n) is 9.38. The molecule has 0 aromatic heterocycles. The Labute approximate surface area is 82.9 Å². The van der Waals surface area contributed by atoms with Gasteiger partial charge in [-0.3, -0.25) is 0 Å². The fourth-order valence-electron chi connectivity index (χ4n) is 2.18. The fraction of sp³-hybridized carbons (Fsp3) is 1.00. The van der Waals surface area contributed by atoms with Crippen LogP contribution >= 0.6 is 0 Å². The molecule has 0 aromatic rings. The van der Waals surface area contributed by atoms with Crippen molar-refractivity contribution in [2.45, 2.75) is 71.5 Å². The number of hydrogen-bond acceptors (Lipinski definition) is 1. The highest BCUT2D eigenvalue weighted by Crippen LogP contribution is 2.28. The van der Waals surface area contributed by atoms with Crippen LogP contribution in [0.4, 0.5) is 0 Å². The number of hydrogen-bond donors (Lipinski definition) is 0. The van der Waals surface area contributed by atoms with Crippen molar-refractivity contribution in [1.82, 2.24) is 0 Å². The van der Waals surface area contributed by atoms with E-state index in [1.807, 2.05) is 0 Å². The maximum Gasteiger partial charge on any atom is 0.0578 e. The summed E-state index contributed by atoms with van der Waals surface area (Å²) >= 11 is 0. The molecule has 0 aromatic carbocycles. The molecule has 1 heteroatoms. The van der Waals surface area contributed by atoms with Crippen LogP contribution in [-0.4, -0.2) is 12.2 Å². The summed E-state index contributed by atoms with van der Waals surface area (Å²) in [5.74, 6) is 0.836. The van der Waals surface area contributed by atoms with E-state index >= 15 is 0 Å². The van der Waals surface area contributed by atoms with E-state index in [0.717, 1.165) is 12.3 Å². The Morgan fingerprint density at radius 3 is 2.31 bits per heavy atom. The van der Waals surface area contributed by atoms with E-state index in [2.05, 4.69) is 20.8 Å². The third kappa shape index (κ3) is 3.68. The van der Waals surface area contributed by atoms with Gasteiger partial charge in [0.15, 0.2) is 0 Å². The van der Waals surface area contributed by atoms with Gasteiger partial charge >= 0.3 is 0 Å². The van der Waals surface area contributed by atoms with Gasteiger partial charge in [-0.15, -0.1) is 0 Å². The van der Waals surface area contributed by atoms with Crippen molar-refractivity contribution < 1.29 is 4.74 Å². The average molecular weight is 184 g/mol. The van der Waals surface area contributed by atoms with Crippen molar-refractivity contribution >= 4 is 0 Å². The van der Waals surface area contributed by atoms with Crippen molar-refractivity contribution in [2.75, 3.05) is 0 Å². The lowest BCUT2D eigenvalue weighted by Crippen LogP contribution is -2.26. The van der Waals surface area contributed by atoms with Crippen molar-refractivity contribution in [3.8, 4) is 0 Å². The number of ether oxygens (including phenoxy) is 1. The second-order valence-electron chi connectivity index (χ2n) is 4.46. The van der Waals surface area contributed by atoms with Crippen LogP contribution in [0.25, 0.3) is 0 Å². The summed E-state index contributed by atoms with van der Waals surface area (Å²) in [5.41, 5.74) is 0. The topological polar surface area (TPSA) is 9.23 Å². The second kappa shape index (κ2) is 5.64. The Kier molecular flexibility index (Phi) is 4.79. The highest BCUT2D eigenvalue weighted by Gasteiger charge is 2.21. The minimum atomic E-state index is 0.442. The molecule has 0 saturated heterocycles. The van der Waals surface area contributed by atoms with E-state index in [9.17, 15) is 0 Å². The molecule has 2 unspecified atom stereocenters. The van der Waals surface area contributed by atoms with Crippen LogP contribution < -0.4 is 0 Å². The van der Waals surface area contributed by atoms with Gasteiger partial charge in [0.25, 0.3) is 0 Å². The molecule has 1 aliphatic carbocycles. The molecule has 1 saturated carbocycles. The third-order valence-electron chi connectivity index (χ3n) is 3.34. The van der Waals surface area contributed by atoms with Gasteiger partial charge in [-0.05, 0) is 39.0 Å². The van der Waals surface area contributed by atoms with Crippen molar-refractivity contribution in [3.63, 3.8) is 0 Å². The lowest BCUT2D eigenvalue weighted by Gasteiger charge is -2.29. The number of rotatable bonds is 4. The maximum absolute atomic E-state index is 5.94. The molecule has 78 valence electrons. The van der Waals surface area contributed by atoms with Crippen molar-refractivity contribution in [3.05, 3.63) is 0 Å². The molecule has 1 nitrogen and oxygen atoms in total. The lowest BCUT2D eigenvalue weighted by molar-refractivity contribution is -0.0334. The highest BCUT2D eigenvalue weighted by atomic mass is 16.5. The molecular formula is C12H24O.